The lowest BCUT2D eigenvalue weighted by molar-refractivity contribution is 0.399. The Morgan fingerprint density at radius 3 is 3.05 bits per heavy atom. The maximum absolute atomic E-state index is 5.32. The molecular weight excluding hydrogens is 250 g/mol. The SMILES string of the molecule is COc1ncccc1NC1CCNCc2ccccc21. The first kappa shape index (κ1) is 12.9. The molecule has 0 amide bonds. The van der Waals surface area contributed by atoms with Gasteiger partial charge >= 0.3 is 0 Å². The number of benzene rings is 1. The maximum Gasteiger partial charge on any atom is 0.237 e. The van der Waals surface area contributed by atoms with E-state index < -0.39 is 0 Å². The van der Waals surface area contributed by atoms with Crippen LogP contribution in [0.25, 0.3) is 0 Å². The zero-order chi connectivity index (χ0) is 13.8. The van der Waals surface area contributed by atoms with Crippen LogP contribution >= 0.6 is 0 Å². The summed E-state index contributed by atoms with van der Waals surface area (Å²) in [6.45, 7) is 1.92. The summed E-state index contributed by atoms with van der Waals surface area (Å²) in [4.78, 5) is 4.24. The van der Waals surface area contributed by atoms with E-state index in [1.54, 1.807) is 13.3 Å². The Morgan fingerprint density at radius 2 is 2.15 bits per heavy atom. The number of ether oxygens (including phenoxy) is 1. The molecule has 0 saturated heterocycles. The van der Waals surface area contributed by atoms with Crippen LogP contribution in [-0.2, 0) is 6.54 Å². The van der Waals surface area contributed by atoms with Crippen LogP contribution < -0.4 is 15.4 Å². The van der Waals surface area contributed by atoms with E-state index in [1.807, 2.05) is 12.1 Å². The summed E-state index contributed by atoms with van der Waals surface area (Å²) in [7, 11) is 1.65. The fourth-order valence-electron chi connectivity index (χ4n) is 2.66. The number of hydrogen-bond acceptors (Lipinski definition) is 4. The van der Waals surface area contributed by atoms with Crippen LogP contribution in [0.2, 0.25) is 0 Å². The molecule has 1 unspecified atom stereocenters. The van der Waals surface area contributed by atoms with Gasteiger partial charge in [-0.15, -0.1) is 0 Å². The third-order valence-electron chi connectivity index (χ3n) is 3.65. The molecule has 2 aromatic rings. The molecule has 4 heteroatoms. The molecule has 1 atom stereocenters. The van der Waals surface area contributed by atoms with Gasteiger partial charge in [0.1, 0.15) is 0 Å². The number of hydrogen-bond donors (Lipinski definition) is 2. The number of fused-ring (bicyclic) bond motifs is 1. The molecule has 1 aliphatic rings. The summed E-state index contributed by atoms with van der Waals surface area (Å²) in [5, 5.41) is 7.03. The molecule has 0 radical (unpaired) electrons. The summed E-state index contributed by atoms with van der Waals surface area (Å²) in [5.74, 6) is 0.641. The molecule has 4 nitrogen and oxygen atoms in total. The summed E-state index contributed by atoms with van der Waals surface area (Å²) in [6.07, 6.45) is 2.78. The van der Waals surface area contributed by atoms with E-state index in [2.05, 4.69) is 39.9 Å². The van der Waals surface area contributed by atoms with Crippen molar-refractivity contribution in [3.05, 3.63) is 53.7 Å². The Morgan fingerprint density at radius 1 is 1.25 bits per heavy atom. The van der Waals surface area contributed by atoms with Gasteiger partial charge in [0.15, 0.2) is 0 Å². The Labute approximate surface area is 119 Å². The van der Waals surface area contributed by atoms with E-state index >= 15 is 0 Å². The summed E-state index contributed by atoms with van der Waals surface area (Å²) in [5.41, 5.74) is 3.64. The third kappa shape index (κ3) is 2.60. The number of anilines is 1. The molecule has 0 aliphatic carbocycles. The summed E-state index contributed by atoms with van der Waals surface area (Å²) in [6, 6.07) is 12.8. The van der Waals surface area contributed by atoms with Crippen LogP contribution in [0.5, 0.6) is 5.88 Å². The Hall–Kier alpha value is -2.07. The molecule has 1 aromatic heterocycles. The number of pyridine rings is 1. The Bertz CT molecular complexity index is 585. The number of nitrogens with one attached hydrogen (secondary N) is 2. The van der Waals surface area contributed by atoms with E-state index in [1.165, 1.54) is 11.1 Å². The molecule has 1 aromatic carbocycles. The summed E-state index contributed by atoms with van der Waals surface area (Å²) < 4.78 is 5.32. The highest BCUT2D eigenvalue weighted by Crippen LogP contribution is 2.30. The van der Waals surface area contributed by atoms with Gasteiger partial charge in [0.25, 0.3) is 0 Å². The predicted octanol–water partition coefficient (Wildman–Crippen LogP) is 2.74. The minimum Gasteiger partial charge on any atom is -0.480 e. The quantitative estimate of drug-likeness (QED) is 0.899. The van der Waals surface area contributed by atoms with Gasteiger partial charge in [0.2, 0.25) is 5.88 Å². The van der Waals surface area contributed by atoms with Crippen molar-refractivity contribution in [2.75, 3.05) is 19.0 Å². The van der Waals surface area contributed by atoms with Crippen molar-refractivity contribution in [1.82, 2.24) is 10.3 Å². The standard InChI is InChI=1S/C16H19N3O/c1-20-16-15(7-4-9-18-16)19-14-8-10-17-11-12-5-2-3-6-13(12)14/h2-7,9,14,17,19H,8,10-11H2,1H3. The van der Waals surface area contributed by atoms with Gasteiger partial charge in [0, 0.05) is 12.7 Å². The topological polar surface area (TPSA) is 46.2 Å². The smallest absolute Gasteiger partial charge is 0.237 e. The summed E-state index contributed by atoms with van der Waals surface area (Å²) >= 11 is 0. The fourth-order valence-corrected chi connectivity index (χ4v) is 2.66. The largest absolute Gasteiger partial charge is 0.480 e. The molecule has 3 rings (SSSR count). The predicted molar refractivity (Wildman–Crippen MR) is 79.9 cm³/mol. The van der Waals surface area contributed by atoms with Gasteiger partial charge in [-0.3, -0.25) is 0 Å². The lowest BCUT2D eigenvalue weighted by atomic mass is 9.99. The van der Waals surface area contributed by atoms with Crippen molar-refractivity contribution >= 4 is 5.69 Å². The molecule has 2 heterocycles. The molecule has 2 N–H and O–H groups in total. The number of aromatic nitrogens is 1. The van der Waals surface area contributed by atoms with Gasteiger partial charge in [-0.2, -0.15) is 0 Å². The van der Waals surface area contributed by atoms with Crippen LogP contribution in [0.1, 0.15) is 23.6 Å². The minimum atomic E-state index is 0.277. The lowest BCUT2D eigenvalue weighted by Gasteiger charge is -2.21. The van der Waals surface area contributed by atoms with E-state index in [-0.39, 0.29) is 6.04 Å². The lowest BCUT2D eigenvalue weighted by Crippen LogP contribution is -2.15. The molecule has 104 valence electrons. The molecule has 0 bridgehead atoms. The Kier molecular flexibility index (Phi) is 3.83. The van der Waals surface area contributed by atoms with E-state index in [4.69, 9.17) is 4.74 Å². The second-order valence-electron chi connectivity index (χ2n) is 4.92. The number of methoxy groups -OCH3 is 1. The van der Waals surface area contributed by atoms with Crippen LogP contribution in [0.15, 0.2) is 42.6 Å². The van der Waals surface area contributed by atoms with E-state index in [9.17, 15) is 0 Å². The number of nitrogens with zero attached hydrogens (tertiary/aromatic N) is 1. The van der Waals surface area contributed by atoms with Gasteiger partial charge in [-0.05, 0) is 36.2 Å². The van der Waals surface area contributed by atoms with Crippen molar-refractivity contribution in [3.63, 3.8) is 0 Å². The van der Waals surface area contributed by atoms with Crippen LogP contribution in [-0.4, -0.2) is 18.6 Å². The molecule has 0 fully saturated rings. The normalized spacial score (nSPS) is 17.9. The zero-order valence-electron chi connectivity index (χ0n) is 11.6. The van der Waals surface area contributed by atoms with Crippen LogP contribution in [0.4, 0.5) is 5.69 Å². The second-order valence-corrected chi connectivity index (χ2v) is 4.92. The Balaban J connectivity index is 1.90. The molecule has 0 saturated carbocycles. The van der Waals surface area contributed by atoms with Crippen molar-refractivity contribution in [2.45, 2.75) is 19.0 Å². The molecule has 20 heavy (non-hydrogen) atoms. The average Bonchev–Trinajstić information content (AvgIpc) is 2.71. The zero-order valence-corrected chi connectivity index (χ0v) is 11.6. The third-order valence-corrected chi connectivity index (χ3v) is 3.65. The second kappa shape index (κ2) is 5.92. The van der Waals surface area contributed by atoms with Gasteiger partial charge in [-0.25, -0.2) is 4.98 Å². The maximum atomic E-state index is 5.32. The van der Waals surface area contributed by atoms with Crippen LogP contribution in [0.3, 0.4) is 0 Å². The highest BCUT2D eigenvalue weighted by atomic mass is 16.5. The van der Waals surface area contributed by atoms with E-state index in [0.717, 1.165) is 25.2 Å². The van der Waals surface area contributed by atoms with Crippen molar-refractivity contribution in [2.24, 2.45) is 0 Å². The molecule has 0 spiro atoms. The van der Waals surface area contributed by atoms with Gasteiger partial charge in [-0.1, -0.05) is 24.3 Å². The number of rotatable bonds is 3. The first-order chi connectivity index (χ1) is 9.88. The minimum absolute atomic E-state index is 0.277. The first-order valence-electron chi connectivity index (χ1n) is 6.92. The first-order valence-corrected chi connectivity index (χ1v) is 6.92. The highest BCUT2D eigenvalue weighted by Gasteiger charge is 2.19. The van der Waals surface area contributed by atoms with Crippen molar-refractivity contribution in [3.8, 4) is 5.88 Å². The van der Waals surface area contributed by atoms with Crippen molar-refractivity contribution < 1.29 is 4.74 Å². The van der Waals surface area contributed by atoms with Crippen LogP contribution in [0, 0.1) is 0 Å². The van der Waals surface area contributed by atoms with Gasteiger partial charge < -0.3 is 15.4 Å². The molecule has 1 aliphatic heterocycles. The monoisotopic (exact) mass is 269 g/mol. The average molecular weight is 269 g/mol. The van der Waals surface area contributed by atoms with Crippen molar-refractivity contribution in [1.29, 1.82) is 0 Å². The van der Waals surface area contributed by atoms with Gasteiger partial charge in [0.05, 0.1) is 18.8 Å². The fraction of sp³-hybridized carbons (Fsp3) is 0.312. The molecular formula is C16H19N3O. The van der Waals surface area contributed by atoms with E-state index in [0.29, 0.717) is 5.88 Å². The highest BCUT2D eigenvalue weighted by molar-refractivity contribution is 5.54.